The fourth-order valence-corrected chi connectivity index (χ4v) is 2.24. The van der Waals surface area contributed by atoms with Gasteiger partial charge < -0.3 is 15.0 Å². The van der Waals surface area contributed by atoms with Crippen LogP contribution in [0.25, 0.3) is 0 Å². The van der Waals surface area contributed by atoms with E-state index in [0.29, 0.717) is 18.7 Å². The minimum absolute atomic E-state index is 0.0335. The van der Waals surface area contributed by atoms with Crippen LogP contribution >= 0.6 is 15.9 Å². The second-order valence-electron chi connectivity index (χ2n) is 5.06. The molecular weight excluding hydrogens is 312 g/mol. The Bertz CT molecular complexity index is 480. The molecule has 1 rings (SSSR count). The molecule has 1 amide bonds. The van der Waals surface area contributed by atoms with Gasteiger partial charge in [-0.1, -0.05) is 0 Å². The fourth-order valence-electron chi connectivity index (χ4n) is 1.78. The Kier molecular flexibility index (Phi) is 5.17. The Balaban J connectivity index is 2.75. The summed E-state index contributed by atoms with van der Waals surface area (Å²) in [5.41, 5.74) is 0.0166. The van der Waals surface area contributed by atoms with Crippen molar-refractivity contribution in [3.8, 4) is 0 Å². The van der Waals surface area contributed by atoms with Crippen molar-refractivity contribution in [2.45, 2.75) is 45.7 Å². The van der Waals surface area contributed by atoms with Crippen LogP contribution in [0.5, 0.6) is 0 Å². The van der Waals surface area contributed by atoms with Crippen molar-refractivity contribution in [2.75, 3.05) is 0 Å². The maximum absolute atomic E-state index is 12.2. The average molecular weight is 331 g/mol. The standard InChI is InChI=1S/C13H19BrN2O3/c1-4-16-8-9(14)7-10(16)12(19)15-13(2,3)6-5-11(17)18/h7-8H,4-6H2,1-3H3,(H,15,19)(H,17,18). The van der Waals surface area contributed by atoms with Gasteiger partial charge in [-0.05, 0) is 49.2 Å². The van der Waals surface area contributed by atoms with Gasteiger partial charge in [-0.15, -0.1) is 0 Å². The minimum atomic E-state index is -0.859. The third kappa shape index (κ3) is 4.70. The van der Waals surface area contributed by atoms with Gasteiger partial charge in [-0.25, -0.2) is 0 Å². The zero-order valence-electron chi connectivity index (χ0n) is 11.4. The smallest absolute Gasteiger partial charge is 0.303 e. The summed E-state index contributed by atoms with van der Waals surface area (Å²) in [5, 5.41) is 11.6. The number of rotatable bonds is 6. The lowest BCUT2D eigenvalue weighted by atomic mass is 9.98. The highest BCUT2D eigenvalue weighted by Gasteiger charge is 2.23. The van der Waals surface area contributed by atoms with E-state index in [2.05, 4.69) is 21.2 Å². The predicted molar refractivity (Wildman–Crippen MR) is 76.2 cm³/mol. The average Bonchev–Trinajstić information content (AvgIpc) is 2.67. The van der Waals surface area contributed by atoms with Crippen LogP contribution in [0, 0.1) is 0 Å². The summed E-state index contributed by atoms with van der Waals surface area (Å²) >= 11 is 3.34. The molecule has 0 bridgehead atoms. The van der Waals surface area contributed by atoms with E-state index in [4.69, 9.17) is 5.11 Å². The number of nitrogens with zero attached hydrogens (tertiary/aromatic N) is 1. The zero-order chi connectivity index (χ0) is 14.6. The summed E-state index contributed by atoms with van der Waals surface area (Å²) in [7, 11) is 0. The maximum atomic E-state index is 12.2. The Labute approximate surface area is 121 Å². The van der Waals surface area contributed by atoms with Gasteiger partial charge in [0.2, 0.25) is 0 Å². The molecule has 0 fully saturated rings. The van der Waals surface area contributed by atoms with E-state index in [1.54, 1.807) is 6.07 Å². The van der Waals surface area contributed by atoms with E-state index in [0.717, 1.165) is 4.47 Å². The summed E-state index contributed by atoms with van der Waals surface area (Å²) in [4.78, 5) is 22.8. The number of carbonyl (C=O) groups excluding carboxylic acids is 1. The number of aliphatic carboxylic acids is 1. The number of carbonyl (C=O) groups is 2. The summed E-state index contributed by atoms with van der Waals surface area (Å²) in [6.07, 6.45) is 2.27. The third-order valence-corrected chi connectivity index (χ3v) is 3.29. The Morgan fingerprint density at radius 2 is 2.11 bits per heavy atom. The van der Waals surface area contributed by atoms with Gasteiger partial charge in [-0.2, -0.15) is 0 Å². The van der Waals surface area contributed by atoms with Crippen LogP contribution in [0.15, 0.2) is 16.7 Å². The molecular formula is C13H19BrN2O3. The highest BCUT2D eigenvalue weighted by Crippen LogP contribution is 2.17. The van der Waals surface area contributed by atoms with Crippen LogP contribution < -0.4 is 5.32 Å². The van der Waals surface area contributed by atoms with Gasteiger partial charge in [0.25, 0.3) is 5.91 Å². The highest BCUT2D eigenvalue weighted by atomic mass is 79.9. The number of aryl methyl sites for hydroxylation is 1. The molecule has 0 aliphatic rings. The van der Waals surface area contributed by atoms with Crippen LogP contribution in [0.3, 0.4) is 0 Å². The first-order valence-corrected chi connectivity index (χ1v) is 6.94. The fraction of sp³-hybridized carbons (Fsp3) is 0.538. The number of amides is 1. The van der Waals surface area contributed by atoms with Crippen LogP contribution in [-0.2, 0) is 11.3 Å². The molecule has 106 valence electrons. The molecule has 0 aliphatic heterocycles. The van der Waals surface area contributed by atoms with Gasteiger partial charge >= 0.3 is 5.97 Å². The van der Waals surface area contributed by atoms with Crippen molar-refractivity contribution >= 4 is 27.8 Å². The second-order valence-corrected chi connectivity index (χ2v) is 5.98. The summed E-state index contributed by atoms with van der Waals surface area (Å²) in [6.45, 7) is 6.30. The van der Waals surface area contributed by atoms with Crippen molar-refractivity contribution in [1.82, 2.24) is 9.88 Å². The molecule has 6 heteroatoms. The van der Waals surface area contributed by atoms with Crippen molar-refractivity contribution < 1.29 is 14.7 Å². The lowest BCUT2D eigenvalue weighted by molar-refractivity contribution is -0.137. The van der Waals surface area contributed by atoms with Gasteiger partial charge in [0.15, 0.2) is 0 Å². The van der Waals surface area contributed by atoms with E-state index >= 15 is 0 Å². The minimum Gasteiger partial charge on any atom is -0.481 e. The van der Waals surface area contributed by atoms with E-state index in [1.165, 1.54) is 0 Å². The number of aromatic nitrogens is 1. The number of carboxylic acid groups (broad SMARTS) is 1. The summed E-state index contributed by atoms with van der Waals surface area (Å²) < 4.78 is 2.69. The lowest BCUT2D eigenvalue weighted by Crippen LogP contribution is -2.44. The Morgan fingerprint density at radius 1 is 1.47 bits per heavy atom. The second kappa shape index (κ2) is 6.23. The Morgan fingerprint density at radius 3 is 2.63 bits per heavy atom. The van der Waals surface area contributed by atoms with Crippen LogP contribution in [-0.4, -0.2) is 27.1 Å². The number of halogens is 1. The molecule has 0 atom stereocenters. The van der Waals surface area contributed by atoms with Crippen molar-refractivity contribution in [2.24, 2.45) is 0 Å². The number of hydrogen-bond donors (Lipinski definition) is 2. The van der Waals surface area contributed by atoms with Gasteiger partial charge in [0, 0.05) is 29.2 Å². The highest BCUT2D eigenvalue weighted by molar-refractivity contribution is 9.10. The predicted octanol–water partition coefficient (Wildman–Crippen LogP) is 2.64. The van der Waals surface area contributed by atoms with E-state index in [-0.39, 0.29) is 12.3 Å². The Hall–Kier alpha value is -1.30. The van der Waals surface area contributed by atoms with Gasteiger partial charge in [-0.3, -0.25) is 9.59 Å². The molecule has 0 radical (unpaired) electrons. The molecule has 1 aromatic rings. The van der Waals surface area contributed by atoms with Crippen molar-refractivity contribution in [3.05, 3.63) is 22.4 Å². The first kappa shape index (κ1) is 15.8. The van der Waals surface area contributed by atoms with E-state index in [1.807, 2.05) is 31.5 Å². The number of hydrogen-bond acceptors (Lipinski definition) is 2. The SMILES string of the molecule is CCn1cc(Br)cc1C(=O)NC(C)(C)CCC(=O)O. The molecule has 1 aromatic heterocycles. The quantitative estimate of drug-likeness (QED) is 0.842. The topological polar surface area (TPSA) is 71.3 Å². The van der Waals surface area contributed by atoms with E-state index in [9.17, 15) is 9.59 Å². The van der Waals surface area contributed by atoms with Crippen LogP contribution in [0.2, 0.25) is 0 Å². The molecule has 0 saturated carbocycles. The van der Waals surface area contributed by atoms with Crippen LogP contribution in [0.4, 0.5) is 0 Å². The number of carboxylic acids is 1. The van der Waals surface area contributed by atoms with E-state index < -0.39 is 11.5 Å². The van der Waals surface area contributed by atoms with Crippen molar-refractivity contribution in [3.63, 3.8) is 0 Å². The zero-order valence-corrected chi connectivity index (χ0v) is 13.0. The molecule has 5 nitrogen and oxygen atoms in total. The maximum Gasteiger partial charge on any atom is 0.303 e. The molecule has 19 heavy (non-hydrogen) atoms. The largest absolute Gasteiger partial charge is 0.481 e. The summed E-state index contributed by atoms with van der Waals surface area (Å²) in [6, 6.07) is 1.76. The molecule has 0 aliphatic carbocycles. The van der Waals surface area contributed by atoms with Gasteiger partial charge in [0.05, 0.1) is 0 Å². The first-order valence-electron chi connectivity index (χ1n) is 6.15. The first-order chi connectivity index (χ1) is 8.75. The number of nitrogens with one attached hydrogen (secondary N) is 1. The monoisotopic (exact) mass is 330 g/mol. The van der Waals surface area contributed by atoms with Crippen molar-refractivity contribution in [1.29, 1.82) is 0 Å². The molecule has 0 spiro atoms. The van der Waals surface area contributed by atoms with Crippen LogP contribution in [0.1, 0.15) is 44.1 Å². The van der Waals surface area contributed by atoms with Gasteiger partial charge in [0.1, 0.15) is 5.69 Å². The summed E-state index contributed by atoms with van der Waals surface area (Å²) in [5.74, 6) is -1.05. The normalized spacial score (nSPS) is 11.4. The third-order valence-electron chi connectivity index (χ3n) is 2.85. The lowest BCUT2D eigenvalue weighted by Gasteiger charge is -2.25. The molecule has 0 unspecified atom stereocenters. The molecule has 1 heterocycles. The molecule has 0 saturated heterocycles. The molecule has 0 aromatic carbocycles. The molecule has 2 N–H and O–H groups in total.